The molecule has 1 amide bonds. The molecule has 0 bridgehead atoms. The Morgan fingerprint density at radius 3 is 2.16 bits per heavy atom. The predicted molar refractivity (Wildman–Crippen MR) is 105 cm³/mol. The molecule has 1 heterocycles. The number of oxazole rings is 1. The summed E-state index contributed by atoms with van der Waals surface area (Å²) >= 11 is 0. The van der Waals surface area contributed by atoms with E-state index in [4.69, 9.17) is 4.42 Å². The van der Waals surface area contributed by atoms with Crippen molar-refractivity contribution >= 4 is 11.9 Å². The zero-order valence-corrected chi connectivity index (χ0v) is 16.0. The van der Waals surface area contributed by atoms with Crippen LogP contribution in [0.2, 0.25) is 0 Å². The Morgan fingerprint density at radius 1 is 0.960 bits per heavy atom. The first-order valence-electron chi connectivity index (χ1n) is 10.2. The Morgan fingerprint density at radius 2 is 1.56 bits per heavy atom. The average molecular weight is 349 g/mol. The van der Waals surface area contributed by atoms with Gasteiger partial charge in [-0.3, -0.25) is 10.1 Å². The van der Waals surface area contributed by atoms with Crippen LogP contribution in [0.5, 0.6) is 0 Å². The molecule has 0 spiro atoms. The predicted octanol–water partition coefficient (Wildman–Crippen LogP) is 6.65. The lowest BCUT2D eigenvalue weighted by molar-refractivity contribution is -0.116. The van der Waals surface area contributed by atoms with E-state index in [9.17, 15) is 4.79 Å². The van der Waals surface area contributed by atoms with E-state index in [1.165, 1.54) is 83.1 Å². The first-order valence-corrected chi connectivity index (χ1v) is 10.2. The number of anilines is 1. The summed E-state index contributed by atoms with van der Waals surface area (Å²) in [4.78, 5) is 15.5. The zero-order chi connectivity index (χ0) is 18.0. The van der Waals surface area contributed by atoms with Crippen LogP contribution in [0.3, 0.4) is 0 Å². The maximum atomic E-state index is 11.6. The van der Waals surface area contributed by atoms with Crippen molar-refractivity contribution in [3.63, 3.8) is 0 Å². The van der Waals surface area contributed by atoms with Crippen LogP contribution < -0.4 is 5.32 Å². The zero-order valence-electron chi connectivity index (χ0n) is 16.0. The number of carbonyl (C=O) groups is 1. The Hall–Kier alpha value is -1.58. The maximum Gasteiger partial charge on any atom is 0.301 e. The van der Waals surface area contributed by atoms with Crippen LogP contribution in [0.4, 0.5) is 6.01 Å². The SMILES string of the molecule is CCCCCCCC/C=C\CCCCCCCC(=O)Nc1ncco1. The van der Waals surface area contributed by atoms with Crippen molar-refractivity contribution in [2.45, 2.75) is 96.8 Å². The molecule has 0 aliphatic rings. The third-order valence-electron chi connectivity index (χ3n) is 4.34. The van der Waals surface area contributed by atoms with Gasteiger partial charge in [-0.15, -0.1) is 0 Å². The van der Waals surface area contributed by atoms with E-state index >= 15 is 0 Å². The molecule has 0 atom stereocenters. The molecule has 1 N–H and O–H groups in total. The third-order valence-corrected chi connectivity index (χ3v) is 4.34. The molecule has 0 fully saturated rings. The molecular formula is C21H36N2O2. The van der Waals surface area contributed by atoms with Gasteiger partial charge in [0.15, 0.2) is 0 Å². The number of hydrogen-bond donors (Lipinski definition) is 1. The van der Waals surface area contributed by atoms with Crippen LogP contribution in [0.15, 0.2) is 29.0 Å². The molecule has 0 saturated heterocycles. The molecule has 142 valence electrons. The first kappa shape index (κ1) is 21.5. The average Bonchev–Trinajstić information content (AvgIpc) is 3.11. The highest BCUT2D eigenvalue weighted by molar-refractivity contribution is 5.88. The van der Waals surface area contributed by atoms with Gasteiger partial charge in [0.25, 0.3) is 0 Å². The molecular weight excluding hydrogens is 312 g/mol. The van der Waals surface area contributed by atoms with Crippen LogP contribution in [-0.2, 0) is 4.79 Å². The Kier molecular flexibility index (Phi) is 13.7. The molecule has 1 aromatic heterocycles. The molecule has 1 aromatic rings. The van der Waals surface area contributed by atoms with Crippen molar-refractivity contribution in [1.82, 2.24) is 4.98 Å². The molecule has 0 aromatic carbocycles. The van der Waals surface area contributed by atoms with E-state index in [1.54, 1.807) is 0 Å². The van der Waals surface area contributed by atoms with Crippen LogP contribution >= 0.6 is 0 Å². The van der Waals surface area contributed by atoms with Crippen LogP contribution in [-0.4, -0.2) is 10.9 Å². The largest absolute Gasteiger partial charge is 0.432 e. The number of rotatable bonds is 16. The third kappa shape index (κ3) is 13.4. The fourth-order valence-electron chi connectivity index (χ4n) is 2.82. The minimum atomic E-state index is -0.0138. The monoisotopic (exact) mass is 348 g/mol. The standard InChI is InChI=1S/C21H36N2O2/c1-2-3-4-5-6-7-8-9-10-11-12-13-14-15-16-17-20(24)23-21-22-18-19-25-21/h9-10,18-19H,2-8,11-17H2,1H3,(H,22,23,24)/b10-9-. The van der Waals surface area contributed by atoms with Crippen LogP contribution in [0.25, 0.3) is 0 Å². The summed E-state index contributed by atoms with van der Waals surface area (Å²) in [6, 6.07) is 0.290. The quantitative estimate of drug-likeness (QED) is 0.269. The van der Waals surface area contributed by atoms with E-state index in [2.05, 4.69) is 29.4 Å². The first-order chi connectivity index (χ1) is 12.3. The van der Waals surface area contributed by atoms with Crippen LogP contribution in [0.1, 0.15) is 96.8 Å². The van der Waals surface area contributed by atoms with Crippen molar-refractivity contribution < 1.29 is 9.21 Å². The summed E-state index contributed by atoms with van der Waals surface area (Å²) in [5, 5.41) is 2.65. The summed E-state index contributed by atoms with van der Waals surface area (Å²) < 4.78 is 4.98. The molecule has 4 heteroatoms. The van der Waals surface area contributed by atoms with Crippen molar-refractivity contribution in [1.29, 1.82) is 0 Å². The number of unbranched alkanes of at least 4 members (excludes halogenated alkanes) is 11. The van der Waals surface area contributed by atoms with Gasteiger partial charge >= 0.3 is 6.01 Å². The van der Waals surface area contributed by atoms with Gasteiger partial charge in [0.1, 0.15) is 6.26 Å². The van der Waals surface area contributed by atoms with Crippen molar-refractivity contribution in [3.8, 4) is 0 Å². The van der Waals surface area contributed by atoms with E-state index in [-0.39, 0.29) is 11.9 Å². The van der Waals surface area contributed by atoms with Gasteiger partial charge in [-0.2, -0.15) is 0 Å². The number of allylic oxidation sites excluding steroid dienone is 2. The van der Waals surface area contributed by atoms with Gasteiger partial charge in [-0.25, -0.2) is 4.98 Å². The summed E-state index contributed by atoms with van der Waals surface area (Å²) in [7, 11) is 0. The second-order valence-electron chi connectivity index (χ2n) is 6.72. The number of nitrogens with zero attached hydrogens (tertiary/aromatic N) is 1. The molecule has 4 nitrogen and oxygen atoms in total. The van der Waals surface area contributed by atoms with E-state index < -0.39 is 0 Å². The van der Waals surface area contributed by atoms with Gasteiger partial charge in [0, 0.05) is 6.42 Å². The second kappa shape index (κ2) is 15.9. The lowest BCUT2D eigenvalue weighted by Gasteiger charge is -2.01. The van der Waals surface area contributed by atoms with Gasteiger partial charge in [0.2, 0.25) is 5.91 Å². The second-order valence-corrected chi connectivity index (χ2v) is 6.72. The van der Waals surface area contributed by atoms with Crippen molar-refractivity contribution in [3.05, 3.63) is 24.6 Å². The van der Waals surface area contributed by atoms with E-state index in [1.807, 2.05) is 0 Å². The molecule has 0 saturated carbocycles. The minimum absolute atomic E-state index is 0.0138. The van der Waals surface area contributed by atoms with Crippen LogP contribution in [0, 0.1) is 0 Å². The highest BCUT2D eigenvalue weighted by Crippen LogP contribution is 2.10. The summed E-state index contributed by atoms with van der Waals surface area (Å²) in [5.41, 5.74) is 0. The Bertz CT molecular complexity index is 441. The molecule has 0 radical (unpaired) electrons. The smallest absolute Gasteiger partial charge is 0.301 e. The molecule has 25 heavy (non-hydrogen) atoms. The molecule has 0 aliphatic carbocycles. The highest BCUT2D eigenvalue weighted by atomic mass is 16.4. The maximum absolute atomic E-state index is 11.6. The van der Waals surface area contributed by atoms with Gasteiger partial charge in [-0.1, -0.05) is 70.4 Å². The van der Waals surface area contributed by atoms with Gasteiger partial charge < -0.3 is 4.42 Å². The fraction of sp³-hybridized carbons (Fsp3) is 0.714. The van der Waals surface area contributed by atoms with E-state index in [0.29, 0.717) is 6.42 Å². The Balaban J connectivity index is 1.79. The van der Waals surface area contributed by atoms with Crippen molar-refractivity contribution in [2.75, 3.05) is 5.32 Å². The fourth-order valence-corrected chi connectivity index (χ4v) is 2.82. The van der Waals surface area contributed by atoms with Gasteiger partial charge in [0.05, 0.1) is 6.20 Å². The molecule has 1 rings (SSSR count). The summed E-state index contributed by atoms with van der Waals surface area (Å²) in [6.45, 7) is 2.26. The lowest BCUT2D eigenvalue weighted by Crippen LogP contribution is -2.11. The minimum Gasteiger partial charge on any atom is -0.432 e. The lowest BCUT2D eigenvalue weighted by atomic mass is 10.1. The number of aromatic nitrogens is 1. The topological polar surface area (TPSA) is 55.1 Å². The molecule has 0 unspecified atom stereocenters. The van der Waals surface area contributed by atoms with E-state index in [0.717, 1.165) is 12.8 Å². The van der Waals surface area contributed by atoms with Crippen molar-refractivity contribution in [2.24, 2.45) is 0 Å². The number of nitrogens with one attached hydrogen (secondary N) is 1. The highest BCUT2D eigenvalue weighted by Gasteiger charge is 2.04. The molecule has 0 aliphatic heterocycles. The number of carbonyl (C=O) groups excluding carboxylic acids is 1. The van der Waals surface area contributed by atoms with Gasteiger partial charge in [-0.05, 0) is 32.1 Å². The number of hydrogen-bond acceptors (Lipinski definition) is 3. The Labute approximate surface area is 153 Å². The summed E-state index contributed by atoms with van der Waals surface area (Å²) in [5.74, 6) is -0.0138. The normalized spacial score (nSPS) is 11.2. The summed E-state index contributed by atoms with van der Waals surface area (Å²) in [6.07, 6.45) is 24.7. The number of amides is 1.